The van der Waals surface area contributed by atoms with Gasteiger partial charge in [-0.3, -0.25) is 9.36 Å². The number of hydrogen-bond acceptors (Lipinski definition) is 9. The zero-order valence-corrected chi connectivity index (χ0v) is 23.9. The third-order valence-electron chi connectivity index (χ3n) is 6.56. The second-order valence-corrected chi connectivity index (χ2v) is 11.1. The average molecular weight is 562 g/mol. The first-order valence-corrected chi connectivity index (χ1v) is 14.7. The number of aliphatic hydroxyl groups excluding tert-OH is 1. The number of benzene rings is 1. The fraction of sp³-hybridized carbons (Fsp3) is 0.556. The molecular weight excluding hydrogens is 522 g/mol. The molecule has 0 fully saturated rings. The summed E-state index contributed by atoms with van der Waals surface area (Å²) in [5.74, 6) is -0.175. The highest BCUT2D eigenvalue weighted by atomic mass is 32.2. The van der Waals surface area contributed by atoms with Crippen molar-refractivity contribution in [2.75, 3.05) is 32.9 Å². The van der Waals surface area contributed by atoms with Crippen LogP contribution in [-0.2, 0) is 21.3 Å². The van der Waals surface area contributed by atoms with Crippen molar-refractivity contribution in [3.63, 3.8) is 0 Å². The lowest BCUT2D eigenvalue weighted by atomic mass is 9.99. The second-order valence-electron chi connectivity index (χ2n) is 9.14. The first-order chi connectivity index (χ1) is 18.7. The number of nitrogens with zero attached hydrogens (tertiary/aromatic N) is 5. The fourth-order valence-corrected chi connectivity index (χ4v) is 5.66. The van der Waals surface area contributed by atoms with Gasteiger partial charge in [0, 0.05) is 18.7 Å². The Balaban J connectivity index is 2.31. The number of hydrogen-bond donors (Lipinski definition) is 2. The molecule has 0 radical (unpaired) electrons. The summed E-state index contributed by atoms with van der Waals surface area (Å²) in [5.41, 5.74) is -0.432. The highest BCUT2D eigenvalue weighted by Gasteiger charge is 2.25. The predicted molar refractivity (Wildman–Crippen MR) is 148 cm³/mol. The molecule has 39 heavy (non-hydrogen) atoms. The van der Waals surface area contributed by atoms with Crippen LogP contribution in [0.25, 0.3) is 0 Å². The van der Waals surface area contributed by atoms with Gasteiger partial charge in [0.25, 0.3) is 5.56 Å². The number of nitriles is 1. The first-order valence-electron chi connectivity index (χ1n) is 13.2. The SMILES string of the molecule is CCCCC(CC)CN(CC)S(=O)(=O)c1ccc(/N=N/c2c(C)c(C#N)c(=O)n(CCOCCO)c2O)cc1. The highest BCUT2D eigenvalue weighted by molar-refractivity contribution is 7.89. The van der Waals surface area contributed by atoms with Gasteiger partial charge in [0.15, 0.2) is 5.69 Å². The molecule has 2 N–H and O–H groups in total. The first kappa shape index (κ1) is 32.1. The van der Waals surface area contributed by atoms with Crippen LogP contribution in [0.15, 0.2) is 44.2 Å². The molecular formula is C27H39N5O6S. The summed E-state index contributed by atoms with van der Waals surface area (Å²) in [4.78, 5) is 12.8. The lowest BCUT2D eigenvalue weighted by molar-refractivity contribution is 0.0854. The van der Waals surface area contributed by atoms with E-state index in [9.17, 15) is 23.6 Å². The third-order valence-corrected chi connectivity index (χ3v) is 8.52. The molecule has 0 saturated carbocycles. The van der Waals surface area contributed by atoms with Gasteiger partial charge in [-0.2, -0.15) is 14.7 Å². The van der Waals surface area contributed by atoms with E-state index in [0.717, 1.165) is 30.3 Å². The van der Waals surface area contributed by atoms with E-state index in [4.69, 9.17) is 9.84 Å². The van der Waals surface area contributed by atoms with Crippen LogP contribution in [-0.4, -0.2) is 60.4 Å². The van der Waals surface area contributed by atoms with Crippen molar-refractivity contribution >= 4 is 21.4 Å². The molecule has 0 bridgehead atoms. The Morgan fingerprint density at radius 1 is 1.15 bits per heavy atom. The molecule has 2 aromatic rings. The maximum Gasteiger partial charge on any atom is 0.271 e. The van der Waals surface area contributed by atoms with E-state index in [1.54, 1.807) is 0 Å². The van der Waals surface area contributed by atoms with E-state index < -0.39 is 21.5 Å². The standard InChI is InChI=1S/C27H39N5O6S/c1-5-8-9-21(6-2)19-31(7-3)39(36,37)23-12-10-22(11-13-23)29-30-25-20(4)24(18-28)26(34)32(27(25)35)14-16-38-17-15-33/h10-13,21,33,35H,5-9,14-17,19H2,1-4H3/b30-29+. The van der Waals surface area contributed by atoms with Gasteiger partial charge in [0.05, 0.1) is 36.9 Å². The molecule has 1 aromatic carbocycles. The van der Waals surface area contributed by atoms with Crippen LogP contribution >= 0.6 is 0 Å². The monoisotopic (exact) mass is 561 g/mol. The van der Waals surface area contributed by atoms with E-state index in [1.165, 1.54) is 35.5 Å². The molecule has 1 aromatic heterocycles. The van der Waals surface area contributed by atoms with Gasteiger partial charge in [-0.25, -0.2) is 8.42 Å². The van der Waals surface area contributed by atoms with Gasteiger partial charge in [0.1, 0.15) is 11.6 Å². The molecule has 0 saturated heterocycles. The van der Waals surface area contributed by atoms with E-state index >= 15 is 0 Å². The molecule has 214 valence electrons. The summed E-state index contributed by atoms with van der Waals surface area (Å²) < 4.78 is 34.2. The topological polar surface area (TPSA) is 158 Å². The van der Waals surface area contributed by atoms with Crippen molar-refractivity contribution < 1.29 is 23.4 Å². The number of pyridine rings is 1. The Morgan fingerprint density at radius 3 is 2.41 bits per heavy atom. The van der Waals surface area contributed by atoms with Crippen molar-refractivity contribution in [3.05, 3.63) is 45.7 Å². The number of azo groups is 1. The summed E-state index contributed by atoms with van der Waals surface area (Å²) in [7, 11) is -3.69. The molecule has 0 spiro atoms. The minimum atomic E-state index is -3.69. The summed E-state index contributed by atoms with van der Waals surface area (Å²) >= 11 is 0. The van der Waals surface area contributed by atoms with Crippen LogP contribution in [0, 0.1) is 24.2 Å². The van der Waals surface area contributed by atoms with Crippen molar-refractivity contribution in [1.82, 2.24) is 8.87 Å². The maximum atomic E-state index is 13.3. The molecule has 1 atom stereocenters. The van der Waals surface area contributed by atoms with Crippen LogP contribution in [0.1, 0.15) is 57.6 Å². The largest absolute Gasteiger partial charge is 0.493 e. The zero-order chi connectivity index (χ0) is 29.0. The minimum absolute atomic E-state index is 0.0286. The average Bonchev–Trinajstić information content (AvgIpc) is 2.93. The lowest BCUT2D eigenvalue weighted by Gasteiger charge is -2.25. The molecule has 2 rings (SSSR count). The molecule has 0 aliphatic rings. The van der Waals surface area contributed by atoms with Crippen molar-refractivity contribution in [2.24, 2.45) is 16.1 Å². The second kappa shape index (κ2) is 15.5. The van der Waals surface area contributed by atoms with Crippen LogP contribution in [0.2, 0.25) is 0 Å². The van der Waals surface area contributed by atoms with Crippen LogP contribution in [0.3, 0.4) is 0 Å². The quantitative estimate of drug-likeness (QED) is 0.227. The molecule has 1 heterocycles. The number of aliphatic hydroxyl groups is 1. The number of aromatic hydroxyl groups is 1. The van der Waals surface area contributed by atoms with Crippen LogP contribution < -0.4 is 5.56 Å². The Kier molecular flexibility index (Phi) is 12.7. The van der Waals surface area contributed by atoms with Gasteiger partial charge in [0.2, 0.25) is 15.9 Å². The molecule has 0 aliphatic heterocycles. The van der Waals surface area contributed by atoms with E-state index in [1.807, 2.05) is 13.0 Å². The number of unbranched alkanes of at least 4 members (excludes halogenated alkanes) is 1. The fourth-order valence-electron chi connectivity index (χ4n) is 4.13. The zero-order valence-electron chi connectivity index (χ0n) is 23.1. The van der Waals surface area contributed by atoms with E-state index in [2.05, 4.69) is 24.1 Å². The Morgan fingerprint density at radius 2 is 1.85 bits per heavy atom. The normalized spacial score (nSPS) is 12.7. The summed E-state index contributed by atoms with van der Waals surface area (Å²) in [6, 6.07) is 7.79. The van der Waals surface area contributed by atoms with E-state index in [-0.39, 0.29) is 48.1 Å². The smallest absolute Gasteiger partial charge is 0.271 e. The van der Waals surface area contributed by atoms with Crippen LogP contribution in [0.5, 0.6) is 5.88 Å². The minimum Gasteiger partial charge on any atom is -0.493 e. The Labute approximate surface area is 230 Å². The van der Waals surface area contributed by atoms with Gasteiger partial charge < -0.3 is 14.9 Å². The van der Waals surface area contributed by atoms with Crippen molar-refractivity contribution in [3.8, 4) is 11.9 Å². The molecule has 11 nitrogen and oxygen atoms in total. The van der Waals surface area contributed by atoms with Gasteiger partial charge >= 0.3 is 0 Å². The number of sulfonamides is 1. The Bertz CT molecular complexity index is 1320. The summed E-state index contributed by atoms with van der Waals surface area (Å²) in [6.45, 7) is 8.21. The molecule has 0 amide bonds. The predicted octanol–water partition coefficient (Wildman–Crippen LogP) is 4.39. The van der Waals surface area contributed by atoms with Gasteiger partial charge in [-0.15, -0.1) is 5.11 Å². The lowest BCUT2D eigenvalue weighted by Crippen LogP contribution is -2.35. The van der Waals surface area contributed by atoms with Gasteiger partial charge in [-0.1, -0.05) is 40.0 Å². The number of ether oxygens (including phenoxy) is 1. The molecule has 0 aliphatic carbocycles. The maximum absolute atomic E-state index is 13.3. The number of aromatic nitrogens is 1. The summed E-state index contributed by atoms with van der Waals surface area (Å²) in [5, 5.41) is 37.2. The number of rotatable bonds is 16. The van der Waals surface area contributed by atoms with Crippen molar-refractivity contribution in [2.45, 2.75) is 64.8 Å². The van der Waals surface area contributed by atoms with Crippen LogP contribution in [0.4, 0.5) is 11.4 Å². The van der Waals surface area contributed by atoms with Gasteiger partial charge in [-0.05, 0) is 43.5 Å². The molecule has 1 unspecified atom stereocenters. The summed E-state index contributed by atoms with van der Waals surface area (Å²) in [6.07, 6.45) is 4.03. The highest BCUT2D eigenvalue weighted by Crippen LogP contribution is 2.32. The van der Waals surface area contributed by atoms with E-state index in [0.29, 0.717) is 24.7 Å². The van der Waals surface area contributed by atoms with Crippen molar-refractivity contribution in [1.29, 1.82) is 5.26 Å². The molecule has 12 heteroatoms. The third kappa shape index (κ3) is 8.19. The Hall–Kier alpha value is -3.11.